The summed E-state index contributed by atoms with van der Waals surface area (Å²) in [5.74, 6) is 0.387. The van der Waals surface area contributed by atoms with E-state index in [-0.39, 0.29) is 0 Å². The van der Waals surface area contributed by atoms with Crippen molar-refractivity contribution in [1.29, 1.82) is 0 Å². The fourth-order valence-corrected chi connectivity index (χ4v) is 2.10. The molecule has 0 atom stereocenters. The zero-order valence-electron chi connectivity index (χ0n) is 9.48. The van der Waals surface area contributed by atoms with Crippen LogP contribution in [0.2, 0.25) is 0 Å². The number of nitrogens with two attached hydrogens (primary N) is 1. The SMILES string of the molecule is NCc1cccc(N2CCCC(=O)CC2)c1. The van der Waals surface area contributed by atoms with E-state index in [1.165, 1.54) is 5.69 Å². The number of hydrogen-bond donors (Lipinski definition) is 1. The van der Waals surface area contributed by atoms with Crippen LogP contribution < -0.4 is 10.6 Å². The Kier molecular flexibility index (Phi) is 3.57. The standard InChI is InChI=1S/C13H18N2O/c14-10-11-3-1-4-12(9-11)15-7-2-5-13(16)6-8-15/h1,3-4,9H,2,5-8,10,14H2. The summed E-state index contributed by atoms with van der Waals surface area (Å²) in [5.41, 5.74) is 7.97. The Morgan fingerprint density at radius 1 is 1.25 bits per heavy atom. The summed E-state index contributed by atoms with van der Waals surface area (Å²) in [6.45, 7) is 2.38. The van der Waals surface area contributed by atoms with Crippen molar-refractivity contribution in [2.75, 3.05) is 18.0 Å². The van der Waals surface area contributed by atoms with Gasteiger partial charge in [-0.2, -0.15) is 0 Å². The molecule has 1 aromatic carbocycles. The van der Waals surface area contributed by atoms with Crippen molar-refractivity contribution in [3.05, 3.63) is 29.8 Å². The summed E-state index contributed by atoms with van der Waals surface area (Å²) < 4.78 is 0. The van der Waals surface area contributed by atoms with Crippen molar-refractivity contribution >= 4 is 11.5 Å². The smallest absolute Gasteiger partial charge is 0.134 e. The molecule has 0 aliphatic carbocycles. The number of rotatable bonds is 2. The van der Waals surface area contributed by atoms with Crippen molar-refractivity contribution in [3.8, 4) is 0 Å². The monoisotopic (exact) mass is 218 g/mol. The summed E-state index contributed by atoms with van der Waals surface area (Å²) in [7, 11) is 0. The van der Waals surface area contributed by atoms with Crippen LogP contribution in [0, 0.1) is 0 Å². The molecule has 2 rings (SSSR count). The first kappa shape index (κ1) is 11.1. The minimum absolute atomic E-state index is 0.387. The van der Waals surface area contributed by atoms with Gasteiger partial charge in [-0.15, -0.1) is 0 Å². The Bertz CT molecular complexity index is 376. The second-order valence-electron chi connectivity index (χ2n) is 4.25. The lowest BCUT2D eigenvalue weighted by Gasteiger charge is -2.22. The number of Topliss-reactive ketones (excluding diaryl/α,β-unsaturated/α-hetero) is 1. The van der Waals surface area contributed by atoms with Crippen LogP contribution >= 0.6 is 0 Å². The molecule has 16 heavy (non-hydrogen) atoms. The molecule has 1 heterocycles. The third kappa shape index (κ3) is 2.61. The molecular weight excluding hydrogens is 200 g/mol. The maximum Gasteiger partial charge on any atom is 0.134 e. The van der Waals surface area contributed by atoms with Gasteiger partial charge in [-0.1, -0.05) is 12.1 Å². The van der Waals surface area contributed by atoms with E-state index in [2.05, 4.69) is 17.0 Å². The number of nitrogens with zero attached hydrogens (tertiary/aromatic N) is 1. The topological polar surface area (TPSA) is 46.3 Å². The van der Waals surface area contributed by atoms with E-state index in [4.69, 9.17) is 5.73 Å². The highest BCUT2D eigenvalue weighted by Gasteiger charge is 2.14. The molecule has 0 bridgehead atoms. The summed E-state index contributed by atoms with van der Waals surface area (Å²) in [4.78, 5) is 13.6. The van der Waals surface area contributed by atoms with Crippen LogP contribution in [0.4, 0.5) is 5.69 Å². The molecule has 0 aromatic heterocycles. The van der Waals surface area contributed by atoms with Crippen LogP contribution in [0.1, 0.15) is 24.8 Å². The van der Waals surface area contributed by atoms with Gasteiger partial charge in [0.05, 0.1) is 0 Å². The lowest BCUT2D eigenvalue weighted by Crippen LogP contribution is -2.24. The van der Waals surface area contributed by atoms with E-state index in [1.54, 1.807) is 0 Å². The molecule has 1 saturated heterocycles. The number of benzene rings is 1. The maximum atomic E-state index is 11.3. The predicted molar refractivity (Wildman–Crippen MR) is 65.4 cm³/mol. The Morgan fingerprint density at radius 3 is 2.94 bits per heavy atom. The third-order valence-electron chi connectivity index (χ3n) is 3.06. The Morgan fingerprint density at radius 2 is 2.12 bits per heavy atom. The molecule has 0 spiro atoms. The van der Waals surface area contributed by atoms with Crippen molar-refractivity contribution < 1.29 is 4.79 Å². The zero-order valence-corrected chi connectivity index (χ0v) is 9.48. The summed E-state index contributed by atoms with van der Waals surface area (Å²) in [5, 5.41) is 0. The second-order valence-corrected chi connectivity index (χ2v) is 4.25. The molecule has 0 radical (unpaired) electrons. The first-order valence-electron chi connectivity index (χ1n) is 5.85. The van der Waals surface area contributed by atoms with Crippen LogP contribution in [0.15, 0.2) is 24.3 Å². The number of carbonyl (C=O) groups excluding carboxylic acids is 1. The van der Waals surface area contributed by atoms with Crippen LogP contribution in [0.25, 0.3) is 0 Å². The highest BCUT2D eigenvalue weighted by molar-refractivity contribution is 5.79. The van der Waals surface area contributed by atoms with E-state index in [0.717, 1.165) is 31.5 Å². The largest absolute Gasteiger partial charge is 0.371 e. The van der Waals surface area contributed by atoms with Crippen molar-refractivity contribution in [2.24, 2.45) is 5.73 Å². The molecule has 1 aliphatic heterocycles. The van der Waals surface area contributed by atoms with E-state index >= 15 is 0 Å². The molecule has 3 nitrogen and oxygen atoms in total. The molecule has 1 fully saturated rings. The number of carbonyl (C=O) groups is 1. The van der Waals surface area contributed by atoms with Crippen molar-refractivity contribution in [2.45, 2.75) is 25.8 Å². The average Bonchev–Trinajstić information content (AvgIpc) is 2.54. The molecular formula is C13H18N2O. The van der Waals surface area contributed by atoms with Gasteiger partial charge in [0.1, 0.15) is 5.78 Å². The maximum absolute atomic E-state index is 11.3. The van der Waals surface area contributed by atoms with Gasteiger partial charge < -0.3 is 10.6 Å². The number of hydrogen-bond acceptors (Lipinski definition) is 3. The van der Waals surface area contributed by atoms with Gasteiger partial charge in [0.25, 0.3) is 0 Å². The molecule has 2 N–H and O–H groups in total. The molecule has 1 aliphatic rings. The fourth-order valence-electron chi connectivity index (χ4n) is 2.10. The van der Waals surface area contributed by atoms with E-state index in [0.29, 0.717) is 18.7 Å². The highest BCUT2D eigenvalue weighted by atomic mass is 16.1. The normalized spacial score (nSPS) is 17.3. The molecule has 86 valence electrons. The minimum Gasteiger partial charge on any atom is -0.371 e. The Labute approximate surface area is 96.2 Å². The first-order valence-corrected chi connectivity index (χ1v) is 5.85. The summed E-state index contributed by atoms with van der Waals surface area (Å²) in [6, 6.07) is 8.28. The lowest BCUT2D eigenvalue weighted by atomic mass is 10.2. The van der Waals surface area contributed by atoms with Crippen LogP contribution in [0.5, 0.6) is 0 Å². The van der Waals surface area contributed by atoms with Crippen molar-refractivity contribution in [3.63, 3.8) is 0 Å². The molecule has 0 saturated carbocycles. The van der Waals surface area contributed by atoms with Gasteiger partial charge in [-0.25, -0.2) is 0 Å². The average molecular weight is 218 g/mol. The Balaban J connectivity index is 2.13. The van der Waals surface area contributed by atoms with E-state index in [1.807, 2.05) is 12.1 Å². The van der Waals surface area contributed by atoms with Crippen LogP contribution in [-0.4, -0.2) is 18.9 Å². The predicted octanol–water partition coefficient (Wildman–Crippen LogP) is 1.70. The van der Waals surface area contributed by atoms with Crippen molar-refractivity contribution in [1.82, 2.24) is 0 Å². The van der Waals surface area contributed by atoms with Gasteiger partial charge in [0.2, 0.25) is 0 Å². The van der Waals surface area contributed by atoms with Crippen LogP contribution in [0.3, 0.4) is 0 Å². The van der Waals surface area contributed by atoms with Gasteiger partial charge in [-0.05, 0) is 24.1 Å². The molecule has 0 unspecified atom stereocenters. The van der Waals surface area contributed by atoms with Gasteiger partial charge in [0, 0.05) is 38.2 Å². The zero-order chi connectivity index (χ0) is 11.4. The van der Waals surface area contributed by atoms with Gasteiger partial charge in [0.15, 0.2) is 0 Å². The minimum atomic E-state index is 0.387. The molecule has 3 heteroatoms. The number of anilines is 1. The third-order valence-corrected chi connectivity index (χ3v) is 3.06. The van der Waals surface area contributed by atoms with Gasteiger partial charge >= 0.3 is 0 Å². The summed E-state index contributed by atoms with van der Waals surface area (Å²) >= 11 is 0. The molecule has 0 amide bonds. The first-order chi connectivity index (χ1) is 7.79. The van der Waals surface area contributed by atoms with Gasteiger partial charge in [-0.3, -0.25) is 4.79 Å². The lowest BCUT2D eigenvalue weighted by molar-refractivity contribution is -0.118. The van der Waals surface area contributed by atoms with E-state index < -0.39 is 0 Å². The molecule has 1 aromatic rings. The summed E-state index contributed by atoms with van der Waals surface area (Å²) in [6.07, 6.45) is 2.37. The second kappa shape index (κ2) is 5.12. The number of ketones is 1. The fraction of sp³-hybridized carbons (Fsp3) is 0.462. The van der Waals surface area contributed by atoms with Crippen LogP contribution in [-0.2, 0) is 11.3 Å². The quantitative estimate of drug-likeness (QED) is 0.822. The Hall–Kier alpha value is -1.35. The van der Waals surface area contributed by atoms with E-state index in [9.17, 15) is 4.79 Å². The highest BCUT2D eigenvalue weighted by Crippen LogP contribution is 2.19.